The van der Waals surface area contributed by atoms with Gasteiger partial charge in [-0.1, -0.05) is 56.5 Å². The number of halogens is 7. The fourth-order valence-electron chi connectivity index (χ4n) is 7.19. The minimum absolute atomic E-state index is 0.00148. The Labute approximate surface area is 256 Å². The molecule has 0 radical (unpaired) electrons. The highest BCUT2D eigenvalue weighted by Gasteiger charge is 2.74. The SMILES string of the molecule is CCc1ccc(S(=O)(=O)C23CCN(C(=O)C4CCCCC4)C2CCc2cc(C(F)(C(F)(F)F)C(F)(F)F)ccc23)cc1.O=CO. The standard InChI is InChI=1S/C30H32F7NO3S.CH2O2/c1-2-19-8-12-23(13-9-19)42(40,41)27-16-17-38(26(39)20-6-4-3-5-7-20)25(27)15-10-21-18-22(11-14-24(21)27)28(31,29(32,33)34)30(35,36)37;2-1-3/h8-9,11-14,18,20,25H,2-7,10,15-17H2,1H3;1H,(H,2,3). The second-order valence-electron chi connectivity index (χ2n) is 11.7. The number of fused-ring (bicyclic) bond motifs is 3. The van der Waals surface area contributed by atoms with E-state index < -0.39 is 44.2 Å². The van der Waals surface area contributed by atoms with E-state index in [0.717, 1.165) is 30.9 Å². The number of hydrogen-bond donors (Lipinski definition) is 1. The number of likely N-dealkylation sites (tertiary alicyclic amines) is 1. The van der Waals surface area contributed by atoms with Crippen LogP contribution in [0.5, 0.6) is 0 Å². The molecular weight excluding hydrogens is 631 g/mol. The molecule has 2 aliphatic carbocycles. The van der Waals surface area contributed by atoms with Crippen LogP contribution in [0.15, 0.2) is 47.4 Å². The molecule has 14 heteroatoms. The van der Waals surface area contributed by atoms with Crippen molar-refractivity contribution in [2.75, 3.05) is 6.54 Å². The lowest BCUT2D eigenvalue weighted by atomic mass is 9.76. The van der Waals surface area contributed by atoms with Crippen molar-refractivity contribution in [3.63, 3.8) is 0 Å². The molecule has 5 rings (SSSR count). The van der Waals surface area contributed by atoms with Gasteiger partial charge in [-0.2, -0.15) is 26.3 Å². The molecule has 1 saturated heterocycles. The number of nitrogens with zero attached hydrogens (tertiary/aromatic N) is 1. The zero-order valence-electron chi connectivity index (χ0n) is 24.4. The van der Waals surface area contributed by atoms with Gasteiger partial charge in [-0.05, 0) is 67.3 Å². The van der Waals surface area contributed by atoms with Crippen LogP contribution in [0.1, 0.15) is 74.1 Å². The van der Waals surface area contributed by atoms with Crippen LogP contribution in [0.3, 0.4) is 0 Å². The number of carbonyl (C=O) groups is 2. The molecule has 3 aliphatic rings. The number of rotatable bonds is 5. The van der Waals surface area contributed by atoms with Crippen molar-refractivity contribution in [3.05, 3.63) is 64.7 Å². The fourth-order valence-corrected chi connectivity index (χ4v) is 9.56. The summed E-state index contributed by atoms with van der Waals surface area (Å²) in [6.45, 7) is 1.72. The Morgan fingerprint density at radius 3 is 2.07 bits per heavy atom. The van der Waals surface area contributed by atoms with E-state index in [-0.39, 0.29) is 60.1 Å². The molecule has 0 bridgehead atoms. The summed E-state index contributed by atoms with van der Waals surface area (Å²) in [6, 6.07) is 7.10. The van der Waals surface area contributed by atoms with Crippen molar-refractivity contribution in [2.24, 2.45) is 5.92 Å². The molecule has 1 saturated carbocycles. The number of carboxylic acid groups (broad SMARTS) is 1. The average Bonchev–Trinajstić information content (AvgIpc) is 3.41. The largest absolute Gasteiger partial charge is 0.483 e. The van der Waals surface area contributed by atoms with Crippen molar-refractivity contribution in [1.29, 1.82) is 0 Å². The summed E-state index contributed by atoms with van der Waals surface area (Å²) in [5.74, 6) is -0.439. The third-order valence-electron chi connectivity index (χ3n) is 9.42. The van der Waals surface area contributed by atoms with Crippen LogP contribution < -0.4 is 0 Å². The van der Waals surface area contributed by atoms with E-state index in [1.54, 1.807) is 17.0 Å². The summed E-state index contributed by atoms with van der Waals surface area (Å²) in [6.07, 6.45) is -8.04. The van der Waals surface area contributed by atoms with Crippen LogP contribution in [-0.2, 0) is 42.7 Å². The molecule has 45 heavy (non-hydrogen) atoms. The van der Waals surface area contributed by atoms with Crippen molar-refractivity contribution < 1.29 is 53.8 Å². The summed E-state index contributed by atoms with van der Waals surface area (Å²) in [5, 5.41) is 6.89. The van der Waals surface area contributed by atoms with Gasteiger partial charge in [0.1, 0.15) is 4.75 Å². The lowest BCUT2D eigenvalue weighted by Crippen LogP contribution is -2.53. The van der Waals surface area contributed by atoms with Gasteiger partial charge in [0.05, 0.1) is 10.9 Å². The Kier molecular flexibility index (Phi) is 9.69. The lowest BCUT2D eigenvalue weighted by Gasteiger charge is -2.43. The van der Waals surface area contributed by atoms with Gasteiger partial charge < -0.3 is 10.0 Å². The molecular formula is C31H34F7NO5S. The molecule has 1 amide bonds. The van der Waals surface area contributed by atoms with E-state index in [0.29, 0.717) is 31.4 Å². The number of hydrogen-bond acceptors (Lipinski definition) is 4. The number of sulfone groups is 1. The van der Waals surface area contributed by atoms with Crippen LogP contribution in [-0.4, -0.2) is 55.7 Å². The number of aryl methyl sites for hydroxylation is 2. The Hall–Kier alpha value is -3.16. The van der Waals surface area contributed by atoms with Gasteiger partial charge in [0, 0.05) is 18.0 Å². The van der Waals surface area contributed by atoms with E-state index in [2.05, 4.69) is 0 Å². The highest BCUT2D eigenvalue weighted by Crippen LogP contribution is 2.57. The smallest absolute Gasteiger partial charge is 0.435 e. The van der Waals surface area contributed by atoms with E-state index in [4.69, 9.17) is 9.90 Å². The Bertz CT molecular complexity index is 1490. The van der Waals surface area contributed by atoms with Crippen LogP contribution in [0, 0.1) is 5.92 Å². The second kappa shape index (κ2) is 12.6. The summed E-state index contributed by atoms with van der Waals surface area (Å²) in [4.78, 5) is 23.6. The van der Waals surface area contributed by atoms with Crippen LogP contribution >= 0.6 is 0 Å². The normalized spacial score (nSPS) is 22.6. The third kappa shape index (κ3) is 5.71. The molecule has 2 fully saturated rings. The van der Waals surface area contributed by atoms with Gasteiger partial charge in [0.25, 0.3) is 6.47 Å². The van der Waals surface area contributed by atoms with Gasteiger partial charge in [0.2, 0.25) is 5.91 Å². The quantitative estimate of drug-likeness (QED) is 0.274. The topological polar surface area (TPSA) is 91.8 Å². The molecule has 2 aromatic rings. The minimum atomic E-state index is -6.29. The second-order valence-corrected chi connectivity index (χ2v) is 13.9. The van der Waals surface area contributed by atoms with Crippen molar-refractivity contribution in [2.45, 2.75) is 98.4 Å². The maximum absolute atomic E-state index is 15.0. The van der Waals surface area contributed by atoms with Crippen LogP contribution in [0.25, 0.3) is 0 Å². The molecule has 1 aliphatic heterocycles. The first kappa shape index (κ1) is 34.7. The van der Waals surface area contributed by atoms with E-state index in [1.807, 2.05) is 6.92 Å². The Morgan fingerprint density at radius 1 is 0.956 bits per heavy atom. The molecule has 2 aromatic carbocycles. The fraction of sp³-hybridized carbons (Fsp3) is 0.548. The number of amides is 1. The monoisotopic (exact) mass is 665 g/mol. The molecule has 0 aromatic heterocycles. The first-order valence-electron chi connectivity index (χ1n) is 14.7. The zero-order valence-corrected chi connectivity index (χ0v) is 25.2. The predicted molar refractivity (Wildman–Crippen MR) is 150 cm³/mol. The molecule has 0 spiro atoms. The summed E-state index contributed by atoms with van der Waals surface area (Å²) in [7, 11) is -4.33. The zero-order chi connectivity index (χ0) is 33.4. The average molecular weight is 666 g/mol. The van der Waals surface area contributed by atoms with Gasteiger partial charge >= 0.3 is 18.0 Å². The molecule has 1 heterocycles. The molecule has 2 unspecified atom stereocenters. The lowest BCUT2D eigenvalue weighted by molar-refractivity contribution is -0.348. The Balaban J connectivity index is 0.00000148. The molecule has 1 N–H and O–H groups in total. The third-order valence-corrected chi connectivity index (χ3v) is 12.0. The van der Waals surface area contributed by atoms with Crippen molar-refractivity contribution in [1.82, 2.24) is 4.90 Å². The molecule has 248 valence electrons. The minimum Gasteiger partial charge on any atom is -0.483 e. The maximum atomic E-state index is 15.0. The van der Waals surface area contributed by atoms with E-state index in [1.165, 1.54) is 12.1 Å². The highest BCUT2D eigenvalue weighted by atomic mass is 32.2. The first-order chi connectivity index (χ1) is 21.0. The predicted octanol–water partition coefficient (Wildman–Crippen LogP) is 7.04. The van der Waals surface area contributed by atoms with Gasteiger partial charge in [-0.3, -0.25) is 9.59 Å². The number of alkyl halides is 7. The van der Waals surface area contributed by atoms with Crippen LogP contribution in [0.4, 0.5) is 30.7 Å². The van der Waals surface area contributed by atoms with Crippen molar-refractivity contribution >= 4 is 22.2 Å². The van der Waals surface area contributed by atoms with Crippen molar-refractivity contribution in [3.8, 4) is 0 Å². The highest BCUT2D eigenvalue weighted by molar-refractivity contribution is 7.92. The van der Waals surface area contributed by atoms with E-state index >= 15 is 0 Å². The Morgan fingerprint density at radius 2 is 1.53 bits per heavy atom. The molecule has 2 atom stereocenters. The number of carbonyl (C=O) groups excluding carboxylic acids is 1. The summed E-state index contributed by atoms with van der Waals surface area (Å²) < 4.78 is 124. The maximum Gasteiger partial charge on any atom is 0.435 e. The van der Waals surface area contributed by atoms with Gasteiger partial charge in [-0.25, -0.2) is 12.8 Å². The van der Waals surface area contributed by atoms with Gasteiger partial charge in [0.15, 0.2) is 9.84 Å². The number of benzene rings is 2. The van der Waals surface area contributed by atoms with Gasteiger partial charge in [-0.15, -0.1) is 0 Å². The molecule has 6 nitrogen and oxygen atoms in total. The first-order valence-corrected chi connectivity index (χ1v) is 16.2. The van der Waals surface area contributed by atoms with Crippen LogP contribution in [0.2, 0.25) is 0 Å². The summed E-state index contributed by atoms with van der Waals surface area (Å²) in [5.41, 5.74) is -6.48. The van der Waals surface area contributed by atoms with E-state index in [9.17, 15) is 43.9 Å². The summed E-state index contributed by atoms with van der Waals surface area (Å²) >= 11 is 0.